The zero-order valence-electron chi connectivity index (χ0n) is 10.9. The molecule has 1 aromatic carbocycles. The Morgan fingerprint density at radius 1 is 1.26 bits per heavy atom. The van der Waals surface area contributed by atoms with E-state index in [4.69, 9.17) is 4.74 Å². The summed E-state index contributed by atoms with van der Waals surface area (Å²) in [7, 11) is 0. The summed E-state index contributed by atoms with van der Waals surface area (Å²) in [5.74, 6) is 0.619. The van der Waals surface area contributed by atoms with Crippen LogP contribution in [0.3, 0.4) is 0 Å². The van der Waals surface area contributed by atoms with Crippen molar-refractivity contribution in [2.45, 2.75) is 6.42 Å². The molecule has 1 fully saturated rings. The van der Waals surface area contributed by atoms with Gasteiger partial charge in [-0.25, -0.2) is 4.39 Å². The van der Waals surface area contributed by atoms with Crippen molar-refractivity contribution in [2.75, 3.05) is 44.3 Å². The van der Waals surface area contributed by atoms with E-state index in [1.807, 2.05) is 17.0 Å². The molecule has 4 nitrogen and oxygen atoms in total. The number of halogens is 1. The Kier molecular flexibility index (Phi) is 3.64. The molecule has 0 aliphatic carbocycles. The molecule has 0 bridgehead atoms. The van der Waals surface area contributed by atoms with Crippen LogP contribution in [-0.2, 0) is 4.74 Å². The van der Waals surface area contributed by atoms with E-state index in [0.717, 1.165) is 44.0 Å². The normalized spacial score (nSPS) is 19.8. The van der Waals surface area contributed by atoms with Crippen molar-refractivity contribution in [3.05, 3.63) is 29.6 Å². The van der Waals surface area contributed by atoms with Crippen LogP contribution in [0.25, 0.3) is 0 Å². The first-order valence-electron chi connectivity index (χ1n) is 6.75. The summed E-state index contributed by atoms with van der Waals surface area (Å²) in [6.45, 7) is 4.54. The third kappa shape index (κ3) is 2.71. The van der Waals surface area contributed by atoms with E-state index < -0.39 is 0 Å². The molecule has 2 aliphatic heterocycles. The highest BCUT2D eigenvalue weighted by atomic mass is 19.1. The lowest BCUT2D eigenvalue weighted by Gasteiger charge is -2.29. The number of morpholine rings is 1. The summed E-state index contributed by atoms with van der Waals surface area (Å²) >= 11 is 0. The summed E-state index contributed by atoms with van der Waals surface area (Å²) in [6.07, 6.45) is 1.04. The Hall–Kier alpha value is -1.62. The molecule has 0 amide bonds. The van der Waals surface area contributed by atoms with Crippen LogP contribution >= 0.6 is 0 Å². The van der Waals surface area contributed by atoms with Crippen molar-refractivity contribution in [2.24, 2.45) is 4.99 Å². The van der Waals surface area contributed by atoms with Crippen LogP contribution in [-0.4, -0.2) is 45.2 Å². The van der Waals surface area contributed by atoms with Gasteiger partial charge in [0.15, 0.2) is 0 Å². The van der Waals surface area contributed by atoms with Gasteiger partial charge in [-0.15, -0.1) is 0 Å². The van der Waals surface area contributed by atoms with Crippen LogP contribution in [0.15, 0.2) is 23.2 Å². The van der Waals surface area contributed by atoms with E-state index in [1.165, 1.54) is 0 Å². The van der Waals surface area contributed by atoms with Gasteiger partial charge in [-0.3, -0.25) is 4.99 Å². The highest BCUT2D eigenvalue weighted by Gasteiger charge is 2.16. The predicted octanol–water partition coefficient (Wildman–Crippen LogP) is 1.40. The number of aliphatic imine (C=N–C) groups is 1. The summed E-state index contributed by atoms with van der Waals surface area (Å²) in [5, 5.41) is 3.21. The minimum Gasteiger partial charge on any atom is -0.378 e. The van der Waals surface area contributed by atoms with Crippen LogP contribution in [0.2, 0.25) is 0 Å². The number of anilines is 1. The van der Waals surface area contributed by atoms with E-state index >= 15 is 0 Å². The topological polar surface area (TPSA) is 36.9 Å². The molecule has 0 radical (unpaired) electrons. The van der Waals surface area contributed by atoms with E-state index in [2.05, 4.69) is 10.3 Å². The molecule has 5 heteroatoms. The van der Waals surface area contributed by atoms with Crippen molar-refractivity contribution >= 4 is 11.5 Å². The molecule has 0 atom stereocenters. The molecule has 1 N–H and O–H groups in total. The lowest BCUT2D eigenvalue weighted by atomic mass is 10.1. The molecular weight excluding hydrogens is 245 g/mol. The smallest absolute Gasteiger partial charge is 0.147 e. The van der Waals surface area contributed by atoms with Crippen LogP contribution in [0, 0.1) is 5.82 Å². The first-order chi connectivity index (χ1) is 9.34. The van der Waals surface area contributed by atoms with Crippen molar-refractivity contribution < 1.29 is 9.13 Å². The van der Waals surface area contributed by atoms with Gasteiger partial charge in [-0.2, -0.15) is 0 Å². The zero-order valence-corrected chi connectivity index (χ0v) is 10.9. The van der Waals surface area contributed by atoms with Crippen molar-refractivity contribution in [1.29, 1.82) is 0 Å². The second-order valence-electron chi connectivity index (χ2n) is 4.78. The number of rotatable bonds is 2. The van der Waals surface area contributed by atoms with Gasteiger partial charge in [0.25, 0.3) is 0 Å². The molecule has 1 aromatic rings. The molecule has 2 aliphatic rings. The number of nitrogens with zero attached hydrogens (tertiary/aromatic N) is 2. The maximum absolute atomic E-state index is 14.2. The molecule has 2 heterocycles. The minimum absolute atomic E-state index is 0.186. The van der Waals surface area contributed by atoms with Crippen molar-refractivity contribution in [1.82, 2.24) is 5.32 Å². The van der Waals surface area contributed by atoms with Crippen LogP contribution in [0.1, 0.15) is 12.0 Å². The number of nitrogens with one attached hydrogen (secondary N) is 1. The molecular formula is C14H18FN3O. The van der Waals surface area contributed by atoms with Crippen LogP contribution < -0.4 is 10.2 Å². The van der Waals surface area contributed by atoms with Gasteiger partial charge in [0, 0.05) is 31.7 Å². The Balaban J connectivity index is 1.82. The Morgan fingerprint density at radius 2 is 2.11 bits per heavy atom. The van der Waals surface area contributed by atoms with Crippen molar-refractivity contribution in [3.8, 4) is 0 Å². The highest BCUT2D eigenvalue weighted by molar-refractivity contribution is 5.99. The van der Waals surface area contributed by atoms with Gasteiger partial charge in [0.1, 0.15) is 11.7 Å². The number of ether oxygens (including phenoxy) is 1. The second-order valence-corrected chi connectivity index (χ2v) is 4.78. The van der Waals surface area contributed by atoms with E-state index in [0.29, 0.717) is 18.9 Å². The summed E-state index contributed by atoms with van der Waals surface area (Å²) in [6, 6.07) is 5.35. The van der Waals surface area contributed by atoms with E-state index in [-0.39, 0.29) is 5.82 Å². The molecule has 19 heavy (non-hydrogen) atoms. The van der Waals surface area contributed by atoms with Gasteiger partial charge in [0.05, 0.1) is 18.9 Å². The molecule has 1 saturated heterocycles. The molecule has 0 spiro atoms. The van der Waals surface area contributed by atoms with Gasteiger partial charge in [0.2, 0.25) is 0 Å². The Labute approximate surface area is 112 Å². The second kappa shape index (κ2) is 5.57. The number of hydrogen-bond acceptors (Lipinski definition) is 4. The monoisotopic (exact) mass is 263 g/mol. The first kappa shape index (κ1) is 12.4. The maximum Gasteiger partial charge on any atom is 0.147 e. The largest absolute Gasteiger partial charge is 0.378 e. The summed E-state index contributed by atoms with van der Waals surface area (Å²) in [5.41, 5.74) is 1.48. The fourth-order valence-corrected chi connectivity index (χ4v) is 2.44. The Morgan fingerprint density at radius 3 is 2.79 bits per heavy atom. The van der Waals surface area contributed by atoms with E-state index in [9.17, 15) is 4.39 Å². The lowest BCUT2D eigenvalue weighted by molar-refractivity contribution is 0.122. The van der Waals surface area contributed by atoms with Gasteiger partial charge >= 0.3 is 0 Å². The standard InChI is InChI=1S/C14H18FN3O/c15-12-10-11(14-16-4-1-5-17-14)2-3-13(12)18-6-8-19-9-7-18/h2-3,10H,1,4-9H2,(H,16,17). The van der Waals surface area contributed by atoms with Gasteiger partial charge in [-0.05, 0) is 24.6 Å². The summed E-state index contributed by atoms with van der Waals surface area (Å²) in [4.78, 5) is 6.41. The SMILES string of the molecule is Fc1cc(C2=NCCCN2)ccc1N1CCOCC1. The summed E-state index contributed by atoms with van der Waals surface area (Å²) < 4.78 is 19.5. The average molecular weight is 263 g/mol. The van der Waals surface area contributed by atoms with Gasteiger partial charge in [-0.1, -0.05) is 0 Å². The molecule has 3 rings (SSSR count). The number of benzene rings is 1. The Bertz CT molecular complexity index is 484. The average Bonchev–Trinajstić information content (AvgIpc) is 2.49. The molecule has 0 saturated carbocycles. The number of hydrogen-bond donors (Lipinski definition) is 1. The minimum atomic E-state index is -0.186. The predicted molar refractivity (Wildman–Crippen MR) is 73.5 cm³/mol. The van der Waals surface area contributed by atoms with Gasteiger partial charge < -0.3 is 15.0 Å². The lowest BCUT2D eigenvalue weighted by Crippen LogP contribution is -2.37. The van der Waals surface area contributed by atoms with Crippen LogP contribution in [0.4, 0.5) is 10.1 Å². The molecule has 0 aromatic heterocycles. The van der Waals surface area contributed by atoms with Crippen molar-refractivity contribution in [3.63, 3.8) is 0 Å². The highest BCUT2D eigenvalue weighted by Crippen LogP contribution is 2.22. The zero-order chi connectivity index (χ0) is 13.1. The van der Waals surface area contributed by atoms with Crippen LogP contribution in [0.5, 0.6) is 0 Å². The molecule has 102 valence electrons. The fraction of sp³-hybridized carbons (Fsp3) is 0.500. The maximum atomic E-state index is 14.2. The fourth-order valence-electron chi connectivity index (χ4n) is 2.44. The third-order valence-electron chi connectivity index (χ3n) is 3.47. The quantitative estimate of drug-likeness (QED) is 0.876. The number of amidine groups is 1. The first-order valence-corrected chi connectivity index (χ1v) is 6.75. The molecule has 0 unspecified atom stereocenters. The van der Waals surface area contributed by atoms with E-state index in [1.54, 1.807) is 6.07 Å². The third-order valence-corrected chi connectivity index (χ3v) is 3.47.